The van der Waals surface area contributed by atoms with E-state index in [1.807, 2.05) is 54.6 Å². The molecule has 0 aliphatic carbocycles. The highest BCUT2D eigenvalue weighted by Gasteiger charge is 2.20. The highest BCUT2D eigenvalue weighted by Crippen LogP contribution is 2.13. The number of aryl methyl sites for hydroxylation is 2. The lowest BCUT2D eigenvalue weighted by molar-refractivity contribution is 0.0943. The molecule has 0 aliphatic rings. The van der Waals surface area contributed by atoms with Crippen molar-refractivity contribution >= 4 is 11.6 Å². The van der Waals surface area contributed by atoms with E-state index < -0.39 is 5.69 Å². The number of carbonyl (C=O) groups excluding carboxylic acids is 1. The monoisotopic (exact) mass is 432 g/mol. The summed E-state index contributed by atoms with van der Waals surface area (Å²) in [5.41, 5.74) is 1.99. The van der Waals surface area contributed by atoms with Crippen molar-refractivity contribution in [3.05, 3.63) is 104 Å². The molecule has 4 aromatic rings. The molecule has 0 fully saturated rings. The first kappa shape index (κ1) is 21.2. The molecule has 0 radical (unpaired) electrons. The topological polar surface area (TPSA) is 86.7 Å². The lowest BCUT2D eigenvalue weighted by atomic mass is 10.2. The van der Waals surface area contributed by atoms with E-state index in [0.29, 0.717) is 17.8 Å². The van der Waals surface area contributed by atoms with Crippen molar-refractivity contribution in [1.82, 2.24) is 18.9 Å². The first-order chi connectivity index (χ1) is 15.4. The molecule has 0 saturated carbocycles. The predicted molar refractivity (Wildman–Crippen MR) is 121 cm³/mol. The minimum Gasteiger partial charge on any atom is -0.497 e. The van der Waals surface area contributed by atoms with Gasteiger partial charge in [-0.1, -0.05) is 42.5 Å². The van der Waals surface area contributed by atoms with Gasteiger partial charge in [0.05, 0.1) is 19.2 Å². The van der Waals surface area contributed by atoms with Crippen LogP contribution in [-0.4, -0.2) is 26.6 Å². The van der Waals surface area contributed by atoms with Crippen molar-refractivity contribution in [2.24, 2.45) is 7.05 Å². The van der Waals surface area contributed by atoms with Gasteiger partial charge in [0, 0.05) is 19.8 Å². The van der Waals surface area contributed by atoms with Gasteiger partial charge < -0.3 is 14.6 Å². The van der Waals surface area contributed by atoms with Crippen molar-refractivity contribution < 1.29 is 9.53 Å². The van der Waals surface area contributed by atoms with E-state index in [4.69, 9.17) is 4.74 Å². The molecule has 0 spiro atoms. The minimum absolute atomic E-state index is 0.163. The molecule has 0 aliphatic heterocycles. The highest BCUT2D eigenvalue weighted by atomic mass is 16.5. The van der Waals surface area contributed by atoms with Crippen LogP contribution in [0.3, 0.4) is 0 Å². The SMILES string of the molecule is COc1ccc(CNC(=O)c2cn3c(=O)n(Cc4ccccc4)c(=O)c(C)c3n2C)cc1. The number of nitrogens with zero attached hydrogens (tertiary/aromatic N) is 3. The Bertz CT molecular complexity index is 1400. The lowest BCUT2D eigenvalue weighted by Gasteiger charge is -2.09. The maximum atomic E-state index is 13.1. The summed E-state index contributed by atoms with van der Waals surface area (Å²) in [7, 11) is 3.27. The summed E-state index contributed by atoms with van der Waals surface area (Å²) < 4.78 is 9.27. The first-order valence-corrected chi connectivity index (χ1v) is 10.2. The van der Waals surface area contributed by atoms with Crippen molar-refractivity contribution in [3.63, 3.8) is 0 Å². The lowest BCUT2D eigenvalue weighted by Crippen LogP contribution is -2.39. The molecule has 2 aromatic carbocycles. The number of methoxy groups -OCH3 is 1. The van der Waals surface area contributed by atoms with Crippen LogP contribution in [0.1, 0.15) is 27.2 Å². The summed E-state index contributed by atoms with van der Waals surface area (Å²) in [4.78, 5) is 38.9. The third-order valence-electron chi connectivity index (χ3n) is 5.53. The molecule has 0 atom stereocenters. The number of hydrogen-bond donors (Lipinski definition) is 1. The Hall–Kier alpha value is -4.07. The van der Waals surface area contributed by atoms with Gasteiger partial charge in [-0.3, -0.25) is 18.6 Å². The molecule has 2 heterocycles. The zero-order chi connectivity index (χ0) is 22.8. The summed E-state index contributed by atoms with van der Waals surface area (Å²) in [5, 5.41) is 2.86. The van der Waals surface area contributed by atoms with Crippen LogP contribution >= 0.6 is 0 Å². The molecule has 1 amide bonds. The van der Waals surface area contributed by atoms with Gasteiger partial charge in [-0.05, 0) is 30.2 Å². The van der Waals surface area contributed by atoms with E-state index in [1.54, 1.807) is 25.6 Å². The van der Waals surface area contributed by atoms with Gasteiger partial charge in [-0.25, -0.2) is 4.79 Å². The second-order valence-electron chi connectivity index (χ2n) is 7.58. The smallest absolute Gasteiger partial charge is 0.337 e. The van der Waals surface area contributed by atoms with Crippen LogP contribution in [-0.2, 0) is 20.1 Å². The van der Waals surface area contributed by atoms with E-state index in [0.717, 1.165) is 16.9 Å². The van der Waals surface area contributed by atoms with Crippen LogP contribution in [0, 0.1) is 6.92 Å². The maximum absolute atomic E-state index is 13.1. The quantitative estimate of drug-likeness (QED) is 0.506. The Balaban J connectivity index is 1.67. The van der Waals surface area contributed by atoms with Gasteiger partial charge in [-0.2, -0.15) is 0 Å². The summed E-state index contributed by atoms with van der Waals surface area (Å²) in [6.07, 6.45) is 1.48. The molecule has 164 valence electrons. The molecule has 32 heavy (non-hydrogen) atoms. The zero-order valence-corrected chi connectivity index (χ0v) is 18.2. The van der Waals surface area contributed by atoms with Crippen molar-refractivity contribution in [2.75, 3.05) is 7.11 Å². The zero-order valence-electron chi connectivity index (χ0n) is 18.2. The molecule has 1 N–H and O–H groups in total. The molecule has 0 unspecified atom stereocenters. The minimum atomic E-state index is -0.482. The van der Waals surface area contributed by atoms with E-state index in [1.165, 1.54) is 15.2 Å². The third kappa shape index (κ3) is 3.82. The number of rotatable bonds is 6. The molecular weight excluding hydrogens is 408 g/mol. The van der Waals surface area contributed by atoms with Crippen molar-refractivity contribution in [3.8, 4) is 5.75 Å². The van der Waals surface area contributed by atoms with Crippen molar-refractivity contribution in [1.29, 1.82) is 0 Å². The first-order valence-electron chi connectivity index (χ1n) is 10.2. The number of fused-ring (bicyclic) bond motifs is 1. The number of imidazole rings is 1. The standard InChI is InChI=1S/C24H24N4O4/c1-16-22-26(2)20(21(29)25-13-17-9-11-19(32-3)12-10-17)15-27(22)24(31)28(23(16)30)14-18-7-5-4-6-8-18/h4-12,15H,13-14H2,1-3H3,(H,25,29). The Morgan fingerprint density at radius 2 is 1.69 bits per heavy atom. The average molecular weight is 432 g/mol. The second kappa shape index (κ2) is 8.58. The average Bonchev–Trinajstić information content (AvgIpc) is 3.17. The molecule has 8 nitrogen and oxygen atoms in total. The Morgan fingerprint density at radius 3 is 2.34 bits per heavy atom. The van der Waals surface area contributed by atoms with Crippen LogP contribution in [0.15, 0.2) is 70.4 Å². The van der Waals surface area contributed by atoms with Crippen LogP contribution in [0.5, 0.6) is 5.75 Å². The normalized spacial score (nSPS) is 11.0. The van der Waals surface area contributed by atoms with Gasteiger partial charge in [-0.15, -0.1) is 0 Å². The number of benzene rings is 2. The Kier molecular flexibility index (Phi) is 5.68. The molecule has 8 heteroatoms. The van der Waals surface area contributed by atoms with Crippen LogP contribution in [0.2, 0.25) is 0 Å². The van der Waals surface area contributed by atoms with Gasteiger partial charge in [0.15, 0.2) is 0 Å². The van der Waals surface area contributed by atoms with Crippen LogP contribution in [0.4, 0.5) is 0 Å². The number of amides is 1. The molecule has 0 bridgehead atoms. The van der Waals surface area contributed by atoms with E-state index >= 15 is 0 Å². The number of carbonyl (C=O) groups is 1. The molecule has 2 aromatic heterocycles. The largest absolute Gasteiger partial charge is 0.497 e. The molecule has 4 rings (SSSR count). The van der Waals surface area contributed by atoms with E-state index in [-0.39, 0.29) is 23.7 Å². The fourth-order valence-electron chi connectivity index (χ4n) is 3.77. The van der Waals surface area contributed by atoms with Gasteiger partial charge in [0.1, 0.15) is 17.1 Å². The Labute approximate surface area is 184 Å². The maximum Gasteiger partial charge on any atom is 0.337 e. The van der Waals surface area contributed by atoms with E-state index in [9.17, 15) is 14.4 Å². The van der Waals surface area contributed by atoms with Crippen LogP contribution < -0.4 is 21.3 Å². The van der Waals surface area contributed by atoms with Gasteiger partial charge in [0.25, 0.3) is 11.5 Å². The van der Waals surface area contributed by atoms with Crippen LogP contribution in [0.25, 0.3) is 5.65 Å². The van der Waals surface area contributed by atoms with Crippen molar-refractivity contribution in [2.45, 2.75) is 20.0 Å². The number of nitrogens with one attached hydrogen (secondary N) is 1. The fraction of sp³-hybridized carbons (Fsp3) is 0.208. The fourth-order valence-corrected chi connectivity index (χ4v) is 3.77. The third-order valence-corrected chi connectivity index (χ3v) is 5.53. The molecular formula is C24H24N4O4. The second-order valence-corrected chi connectivity index (χ2v) is 7.58. The van der Waals surface area contributed by atoms with Gasteiger partial charge in [0.2, 0.25) is 0 Å². The number of ether oxygens (including phenoxy) is 1. The summed E-state index contributed by atoms with van der Waals surface area (Å²) >= 11 is 0. The van der Waals surface area contributed by atoms with Gasteiger partial charge >= 0.3 is 5.69 Å². The number of aromatic nitrogens is 3. The summed E-state index contributed by atoms with van der Waals surface area (Å²) in [6.45, 7) is 2.15. The molecule has 0 saturated heterocycles. The Morgan fingerprint density at radius 1 is 1.00 bits per heavy atom. The summed E-state index contributed by atoms with van der Waals surface area (Å²) in [5.74, 6) is 0.397. The summed E-state index contributed by atoms with van der Waals surface area (Å²) in [6, 6.07) is 16.7. The number of hydrogen-bond acceptors (Lipinski definition) is 4. The predicted octanol–water partition coefficient (Wildman–Crippen LogP) is 2.10. The van der Waals surface area contributed by atoms with E-state index in [2.05, 4.69) is 5.32 Å². The highest BCUT2D eigenvalue weighted by molar-refractivity contribution is 5.93.